The number of primary sulfonamides is 1. The molecule has 0 spiro atoms. The van der Waals surface area contributed by atoms with Crippen molar-refractivity contribution in [1.82, 2.24) is 9.78 Å². The Bertz CT molecular complexity index is 518. The molecule has 1 aromatic heterocycles. The van der Waals surface area contributed by atoms with Gasteiger partial charge >= 0.3 is 5.97 Å². The third-order valence-electron chi connectivity index (χ3n) is 1.98. The molecule has 0 unspecified atom stereocenters. The molecule has 0 radical (unpaired) electrons. The summed E-state index contributed by atoms with van der Waals surface area (Å²) in [7, 11) is -3.93. The van der Waals surface area contributed by atoms with Gasteiger partial charge in [0.25, 0.3) is 10.0 Å². The Kier molecular flexibility index (Phi) is 3.89. The second-order valence-corrected chi connectivity index (χ2v) is 5.18. The van der Waals surface area contributed by atoms with E-state index in [1.54, 1.807) is 20.8 Å². The van der Waals surface area contributed by atoms with Crippen LogP contribution in [0.5, 0.6) is 0 Å². The molecule has 1 aromatic rings. The molecule has 0 atom stereocenters. The van der Waals surface area contributed by atoms with Gasteiger partial charge in [0.05, 0.1) is 6.61 Å². The first kappa shape index (κ1) is 13.7. The van der Waals surface area contributed by atoms with E-state index in [-0.39, 0.29) is 23.4 Å². The summed E-state index contributed by atoms with van der Waals surface area (Å²) in [6.45, 7) is 5.40. The van der Waals surface area contributed by atoms with E-state index >= 15 is 0 Å². The minimum Gasteiger partial charge on any atom is -0.461 e. The van der Waals surface area contributed by atoms with Crippen LogP contribution in [0.3, 0.4) is 0 Å². The van der Waals surface area contributed by atoms with Crippen LogP contribution in [0.1, 0.15) is 37.3 Å². The average molecular weight is 261 g/mol. The monoisotopic (exact) mass is 261 g/mol. The van der Waals surface area contributed by atoms with Crippen LogP contribution >= 0.6 is 0 Å². The molecule has 0 aliphatic carbocycles. The lowest BCUT2D eigenvalue weighted by atomic mass is 10.3. The predicted molar refractivity (Wildman–Crippen MR) is 59.9 cm³/mol. The maximum absolute atomic E-state index is 11.6. The molecular weight excluding hydrogens is 246 g/mol. The van der Waals surface area contributed by atoms with Crippen LogP contribution in [0, 0.1) is 0 Å². The van der Waals surface area contributed by atoms with Crippen LogP contribution in [0.25, 0.3) is 0 Å². The van der Waals surface area contributed by atoms with Crippen molar-refractivity contribution in [2.75, 3.05) is 6.61 Å². The van der Waals surface area contributed by atoms with Crippen LogP contribution in [0.2, 0.25) is 0 Å². The molecule has 0 aromatic carbocycles. The van der Waals surface area contributed by atoms with Crippen molar-refractivity contribution in [3.8, 4) is 0 Å². The molecule has 96 valence electrons. The van der Waals surface area contributed by atoms with Gasteiger partial charge in [0.15, 0.2) is 5.03 Å². The van der Waals surface area contributed by atoms with Crippen molar-refractivity contribution in [3.63, 3.8) is 0 Å². The van der Waals surface area contributed by atoms with Gasteiger partial charge in [0.2, 0.25) is 0 Å². The molecular formula is C9H15N3O4S. The van der Waals surface area contributed by atoms with Gasteiger partial charge in [-0.3, -0.25) is 4.68 Å². The normalized spacial score (nSPS) is 11.8. The Hall–Kier alpha value is -1.41. The van der Waals surface area contributed by atoms with Crippen molar-refractivity contribution in [1.29, 1.82) is 0 Å². The number of esters is 1. The van der Waals surface area contributed by atoms with E-state index in [4.69, 9.17) is 9.88 Å². The first-order valence-corrected chi connectivity index (χ1v) is 6.61. The minimum atomic E-state index is -3.93. The fraction of sp³-hybridized carbons (Fsp3) is 0.556. The largest absolute Gasteiger partial charge is 0.461 e. The molecule has 1 rings (SSSR count). The number of aromatic nitrogens is 2. The lowest BCUT2D eigenvalue weighted by Gasteiger charge is -2.09. The standard InChI is InChI=1S/C9H15N3O4S/c1-4-16-9(13)7-5-8(17(10,14)15)11-12(7)6(2)3/h5-6H,4H2,1-3H3,(H2,10,14,15). The number of carbonyl (C=O) groups excluding carboxylic acids is 1. The zero-order valence-electron chi connectivity index (χ0n) is 9.87. The highest BCUT2D eigenvalue weighted by Crippen LogP contribution is 2.15. The second kappa shape index (κ2) is 4.84. The lowest BCUT2D eigenvalue weighted by Crippen LogP contribution is -2.15. The maximum Gasteiger partial charge on any atom is 0.356 e. The zero-order chi connectivity index (χ0) is 13.2. The molecule has 0 amide bonds. The first-order valence-electron chi connectivity index (χ1n) is 5.06. The second-order valence-electron chi connectivity index (χ2n) is 3.67. The fourth-order valence-electron chi connectivity index (χ4n) is 1.26. The zero-order valence-corrected chi connectivity index (χ0v) is 10.7. The van der Waals surface area contributed by atoms with Crippen LogP contribution in [0.4, 0.5) is 0 Å². The smallest absolute Gasteiger partial charge is 0.356 e. The summed E-state index contributed by atoms with van der Waals surface area (Å²) < 4.78 is 28.4. The van der Waals surface area contributed by atoms with Gasteiger partial charge in [-0.25, -0.2) is 18.4 Å². The number of ether oxygens (including phenoxy) is 1. The summed E-state index contributed by atoms with van der Waals surface area (Å²) >= 11 is 0. The summed E-state index contributed by atoms with van der Waals surface area (Å²) in [4.78, 5) is 11.6. The summed E-state index contributed by atoms with van der Waals surface area (Å²) in [5.74, 6) is -0.622. The number of rotatable bonds is 4. The fourth-order valence-corrected chi connectivity index (χ4v) is 1.74. The summed E-state index contributed by atoms with van der Waals surface area (Å²) in [6.07, 6.45) is 0. The predicted octanol–water partition coefficient (Wildman–Crippen LogP) is 0.288. The summed E-state index contributed by atoms with van der Waals surface area (Å²) in [5.41, 5.74) is 0.0749. The highest BCUT2D eigenvalue weighted by Gasteiger charge is 2.22. The Morgan fingerprint density at radius 3 is 2.59 bits per heavy atom. The van der Waals surface area contributed by atoms with Crippen molar-refractivity contribution in [3.05, 3.63) is 11.8 Å². The Morgan fingerprint density at radius 2 is 2.18 bits per heavy atom. The highest BCUT2D eigenvalue weighted by molar-refractivity contribution is 7.89. The minimum absolute atomic E-state index is 0.0749. The van der Waals surface area contributed by atoms with Crippen LogP contribution in [-0.2, 0) is 14.8 Å². The molecule has 2 N–H and O–H groups in total. The number of hydrogen-bond acceptors (Lipinski definition) is 5. The Balaban J connectivity index is 3.29. The van der Waals surface area contributed by atoms with Gasteiger partial charge in [-0.15, -0.1) is 0 Å². The molecule has 0 bridgehead atoms. The van der Waals surface area contributed by atoms with Gasteiger partial charge in [-0.2, -0.15) is 5.10 Å². The van der Waals surface area contributed by atoms with Gasteiger partial charge in [0, 0.05) is 12.1 Å². The van der Waals surface area contributed by atoms with Gasteiger partial charge < -0.3 is 4.74 Å². The van der Waals surface area contributed by atoms with Gasteiger partial charge in [0.1, 0.15) is 5.69 Å². The molecule has 0 saturated carbocycles. The number of sulfonamides is 1. The van der Waals surface area contributed by atoms with Gasteiger partial charge in [-0.05, 0) is 20.8 Å². The van der Waals surface area contributed by atoms with Crippen LogP contribution in [-0.4, -0.2) is 30.8 Å². The van der Waals surface area contributed by atoms with E-state index in [1.807, 2.05) is 0 Å². The first-order chi connectivity index (χ1) is 7.77. The average Bonchev–Trinajstić information content (AvgIpc) is 2.61. The molecule has 0 saturated heterocycles. The van der Waals surface area contributed by atoms with E-state index < -0.39 is 16.0 Å². The summed E-state index contributed by atoms with van der Waals surface area (Å²) in [5, 5.41) is 8.41. The quantitative estimate of drug-likeness (QED) is 0.784. The van der Waals surface area contributed by atoms with E-state index in [9.17, 15) is 13.2 Å². The van der Waals surface area contributed by atoms with E-state index in [1.165, 1.54) is 4.68 Å². The molecule has 0 aliphatic heterocycles. The molecule has 0 aliphatic rings. The van der Waals surface area contributed by atoms with Crippen LogP contribution < -0.4 is 5.14 Å². The van der Waals surface area contributed by atoms with Gasteiger partial charge in [-0.1, -0.05) is 0 Å². The topological polar surface area (TPSA) is 104 Å². The maximum atomic E-state index is 11.6. The van der Waals surface area contributed by atoms with E-state index in [0.29, 0.717) is 0 Å². The number of nitrogens with two attached hydrogens (primary N) is 1. The van der Waals surface area contributed by atoms with Crippen molar-refractivity contribution < 1.29 is 17.9 Å². The molecule has 17 heavy (non-hydrogen) atoms. The number of hydrogen-bond donors (Lipinski definition) is 1. The van der Waals surface area contributed by atoms with Crippen molar-refractivity contribution >= 4 is 16.0 Å². The van der Waals surface area contributed by atoms with E-state index in [2.05, 4.69) is 5.10 Å². The Morgan fingerprint density at radius 1 is 1.59 bits per heavy atom. The third-order valence-corrected chi connectivity index (χ3v) is 2.76. The molecule has 0 fully saturated rings. The van der Waals surface area contributed by atoms with Crippen LogP contribution in [0.15, 0.2) is 11.1 Å². The Labute approximate surface area is 99.6 Å². The number of carbonyl (C=O) groups is 1. The molecule has 1 heterocycles. The van der Waals surface area contributed by atoms with E-state index in [0.717, 1.165) is 6.07 Å². The highest BCUT2D eigenvalue weighted by atomic mass is 32.2. The molecule has 8 heteroatoms. The molecule has 7 nitrogen and oxygen atoms in total. The summed E-state index contributed by atoms with van der Waals surface area (Å²) in [6, 6.07) is 0.942. The van der Waals surface area contributed by atoms with Crippen molar-refractivity contribution in [2.24, 2.45) is 5.14 Å². The number of nitrogens with zero attached hydrogens (tertiary/aromatic N) is 2. The van der Waals surface area contributed by atoms with Crippen molar-refractivity contribution in [2.45, 2.75) is 31.8 Å². The third kappa shape index (κ3) is 3.04. The lowest BCUT2D eigenvalue weighted by molar-refractivity contribution is 0.0510. The SMILES string of the molecule is CCOC(=O)c1cc(S(N)(=O)=O)nn1C(C)C.